The van der Waals surface area contributed by atoms with Gasteiger partial charge in [0.05, 0.1) is 0 Å². The molecule has 0 unspecified atom stereocenters. The van der Waals surface area contributed by atoms with E-state index in [4.69, 9.17) is 5.73 Å². The molecule has 1 aromatic heterocycles. The molecule has 2 N–H and O–H groups in total. The van der Waals surface area contributed by atoms with Gasteiger partial charge < -0.3 is 5.73 Å². The summed E-state index contributed by atoms with van der Waals surface area (Å²) in [6.45, 7) is 0.445. The maximum atomic E-state index is 12.9. The first kappa shape index (κ1) is 9.80. The number of hydrogen-bond acceptors (Lipinski definition) is 2. The van der Waals surface area contributed by atoms with E-state index >= 15 is 0 Å². The summed E-state index contributed by atoms with van der Waals surface area (Å²) in [6, 6.07) is 10.9. The standard InChI is InChI=1S/C12H11FN2/c13-12-7-9(5-6-15-12)11-4-2-1-3-10(11)8-14/h1-7H,8,14H2. The Kier molecular flexibility index (Phi) is 2.74. The van der Waals surface area contributed by atoms with Gasteiger partial charge >= 0.3 is 0 Å². The molecule has 0 fully saturated rings. The van der Waals surface area contributed by atoms with Gasteiger partial charge in [0, 0.05) is 18.8 Å². The number of rotatable bonds is 2. The first-order chi connectivity index (χ1) is 7.31. The third kappa shape index (κ3) is 2.02. The average Bonchev–Trinajstić information content (AvgIpc) is 2.29. The summed E-state index contributed by atoms with van der Waals surface area (Å²) < 4.78 is 12.9. The van der Waals surface area contributed by atoms with E-state index in [2.05, 4.69) is 4.98 Å². The third-order valence-electron chi connectivity index (χ3n) is 2.27. The lowest BCUT2D eigenvalue weighted by molar-refractivity contribution is 0.584. The van der Waals surface area contributed by atoms with Gasteiger partial charge in [0.15, 0.2) is 0 Å². The van der Waals surface area contributed by atoms with Crippen molar-refractivity contribution in [3.05, 3.63) is 54.1 Å². The molecule has 0 aliphatic heterocycles. The highest BCUT2D eigenvalue weighted by Gasteiger charge is 2.03. The van der Waals surface area contributed by atoms with E-state index in [1.165, 1.54) is 12.3 Å². The average molecular weight is 202 g/mol. The van der Waals surface area contributed by atoms with Crippen molar-refractivity contribution >= 4 is 0 Å². The summed E-state index contributed by atoms with van der Waals surface area (Å²) in [5.74, 6) is -0.473. The van der Waals surface area contributed by atoms with Crippen LogP contribution in [0, 0.1) is 5.95 Å². The molecule has 0 spiro atoms. The van der Waals surface area contributed by atoms with Crippen molar-refractivity contribution in [1.29, 1.82) is 0 Å². The summed E-state index contributed by atoms with van der Waals surface area (Å²) in [5, 5.41) is 0. The molecule has 0 aliphatic rings. The van der Waals surface area contributed by atoms with Gasteiger partial charge in [-0.25, -0.2) is 4.98 Å². The van der Waals surface area contributed by atoms with Crippen molar-refractivity contribution < 1.29 is 4.39 Å². The number of nitrogens with two attached hydrogens (primary N) is 1. The Hall–Kier alpha value is -1.74. The molecule has 0 saturated carbocycles. The smallest absolute Gasteiger partial charge is 0.213 e. The predicted molar refractivity (Wildman–Crippen MR) is 57.5 cm³/mol. The minimum absolute atomic E-state index is 0.445. The van der Waals surface area contributed by atoms with Crippen molar-refractivity contribution in [1.82, 2.24) is 4.98 Å². The van der Waals surface area contributed by atoms with E-state index in [9.17, 15) is 4.39 Å². The van der Waals surface area contributed by atoms with Crippen LogP contribution in [-0.2, 0) is 6.54 Å². The fourth-order valence-electron chi connectivity index (χ4n) is 1.55. The van der Waals surface area contributed by atoms with Gasteiger partial charge in [0.1, 0.15) is 0 Å². The van der Waals surface area contributed by atoms with Crippen LogP contribution in [0.2, 0.25) is 0 Å². The topological polar surface area (TPSA) is 38.9 Å². The van der Waals surface area contributed by atoms with Crippen molar-refractivity contribution in [2.45, 2.75) is 6.54 Å². The van der Waals surface area contributed by atoms with Crippen LogP contribution in [-0.4, -0.2) is 4.98 Å². The van der Waals surface area contributed by atoms with Gasteiger partial charge in [-0.2, -0.15) is 4.39 Å². The first-order valence-electron chi connectivity index (χ1n) is 4.71. The van der Waals surface area contributed by atoms with Crippen LogP contribution in [0.4, 0.5) is 4.39 Å². The number of pyridine rings is 1. The lowest BCUT2D eigenvalue weighted by atomic mass is 10.0. The van der Waals surface area contributed by atoms with Crippen LogP contribution in [0.1, 0.15) is 5.56 Å². The van der Waals surface area contributed by atoms with Crippen molar-refractivity contribution in [3.63, 3.8) is 0 Å². The second-order valence-electron chi connectivity index (χ2n) is 3.23. The maximum absolute atomic E-state index is 12.9. The molecule has 1 heterocycles. The van der Waals surface area contributed by atoms with Crippen molar-refractivity contribution in [3.8, 4) is 11.1 Å². The van der Waals surface area contributed by atoms with Gasteiger partial charge in [-0.3, -0.25) is 0 Å². The molecule has 0 saturated heterocycles. The predicted octanol–water partition coefficient (Wildman–Crippen LogP) is 2.35. The zero-order chi connectivity index (χ0) is 10.7. The molecule has 1 aromatic carbocycles. The summed E-state index contributed by atoms with van der Waals surface area (Å²) >= 11 is 0. The minimum atomic E-state index is -0.473. The highest BCUT2D eigenvalue weighted by molar-refractivity contribution is 5.66. The molecule has 2 aromatic rings. The quantitative estimate of drug-likeness (QED) is 0.759. The molecule has 15 heavy (non-hydrogen) atoms. The second kappa shape index (κ2) is 4.19. The largest absolute Gasteiger partial charge is 0.326 e. The molecule has 2 nitrogen and oxygen atoms in total. The molecule has 3 heteroatoms. The summed E-state index contributed by atoms with van der Waals surface area (Å²) in [6.07, 6.45) is 1.46. The maximum Gasteiger partial charge on any atom is 0.213 e. The molecule has 0 radical (unpaired) electrons. The Labute approximate surface area is 87.6 Å². The second-order valence-corrected chi connectivity index (χ2v) is 3.23. The van der Waals surface area contributed by atoms with Crippen LogP contribution < -0.4 is 5.73 Å². The number of benzene rings is 1. The molecule has 0 aliphatic carbocycles. The molecule has 0 atom stereocenters. The molecule has 0 amide bonds. The molecular formula is C12H11FN2. The van der Waals surface area contributed by atoms with Crippen LogP contribution >= 0.6 is 0 Å². The van der Waals surface area contributed by atoms with Gasteiger partial charge in [-0.15, -0.1) is 0 Å². The van der Waals surface area contributed by atoms with E-state index in [1.807, 2.05) is 24.3 Å². The molecule has 0 bridgehead atoms. The molecular weight excluding hydrogens is 191 g/mol. The van der Waals surface area contributed by atoms with Gasteiger partial charge in [0.25, 0.3) is 0 Å². The van der Waals surface area contributed by atoms with E-state index in [-0.39, 0.29) is 0 Å². The number of hydrogen-bond donors (Lipinski definition) is 1. The highest BCUT2D eigenvalue weighted by Crippen LogP contribution is 2.22. The zero-order valence-corrected chi connectivity index (χ0v) is 8.15. The van der Waals surface area contributed by atoms with Crippen LogP contribution in [0.5, 0.6) is 0 Å². The van der Waals surface area contributed by atoms with Crippen molar-refractivity contribution in [2.24, 2.45) is 5.73 Å². The lowest BCUT2D eigenvalue weighted by Crippen LogP contribution is -1.98. The Morgan fingerprint density at radius 2 is 2.00 bits per heavy atom. The molecule has 76 valence electrons. The van der Waals surface area contributed by atoms with E-state index in [1.54, 1.807) is 6.07 Å². The first-order valence-corrected chi connectivity index (χ1v) is 4.71. The Bertz CT molecular complexity index is 469. The van der Waals surface area contributed by atoms with Gasteiger partial charge in [-0.05, 0) is 22.8 Å². The number of halogens is 1. The van der Waals surface area contributed by atoms with Crippen molar-refractivity contribution in [2.75, 3.05) is 0 Å². The minimum Gasteiger partial charge on any atom is -0.326 e. The monoisotopic (exact) mass is 202 g/mol. The van der Waals surface area contributed by atoms with Crippen LogP contribution in [0.3, 0.4) is 0 Å². The molecule has 2 rings (SSSR count). The Morgan fingerprint density at radius 1 is 1.20 bits per heavy atom. The number of aromatic nitrogens is 1. The summed E-state index contributed by atoms with van der Waals surface area (Å²) in [4.78, 5) is 3.52. The zero-order valence-electron chi connectivity index (χ0n) is 8.15. The fourth-order valence-corrected chi connectivity index (χ4v) is 1.55. The highest BCUT2D eigenvalue weighted by atomic mass is 19.1. The fraction of sp³-hybridized carbons (Fsp3) is 0.0833. The lowest BCUT2D eigenvalue weighted by Gasteiger charge is -2.06. The van der Waals surface area contributed by atoms with Crippen LogP contribution in [0.15, 0.2) is 42.6 Å². The van der Waals surface area contributed by atoms with E-state index < -0.39 is 5.95 Å². The number of nitrogens with zero attached hydrogens (tertiary/aromatic N) is 1. The SMILES string of the molecule is NCc1ccccc1-c1ccnc(F)c1. The normalized spacial score (nSPS) is 10.3. The Morgan fingerprint density at radius 3 is 2.73 bits per heavy atom. The Balaban J connectivity index is 2.53. The summed E-state index contributed by atoms with van der Waals surface area (Å²) in [7, 11) is 0. The van der Waals surface area contributed by atoms with E-state index in [0.29, 0.717) is 6.54 Å². The van der Waals surface area contributed by atoms with Gasteiger partial charge in [0.2, 0.25) is 5.95 Å². The third-order valence-corrected chi connectivity index (χ3v) is 2.27. The summed E-state index contributed by atoms with van der Waals surface area (Å²) in [5.41, 5.74) is 8.39. The van der Waals surface area contributed by atoms with E-state index in [0.717, 1.165) is 16.7 Å². The van der Waals surface area contributed by atoms with Gasteiger partial charge in [-0.1, -0.05) is 24.3 Å². The van der Waals surface area contributed by atoms with Crippen LogP contribution in [0.25, 0.3) is 11.1 Å².